The van der Waals surface area contributed by atoms with Crippen molar-refractivity contribution in [3.05, 3.63) is 159 Å². The van der Waals surface area contributed by atoms with Crippen molar-refractivity contribution in [1.82, 2.24) is 0 Å². The van der Waals surface area contributed by atoms with Gasteiger partial charge in [-0.3, -0.25) is 0 Å². The normalized spacial score (nSPS) is 15.8. The fourth-order valence-electron chi connectivity index (χ4n) is 14.3. The molecule has 0 radical (unpaired) electrons. The van der Waals surface area contributed by atoms with Gasteiger partial charge in [-0.2, -0.15) is 0 Å². The molecule has 2 heterocycles. The Morgan fingerprint density at radius 1 is 0.412 bits per heavy atom. The van der Waals surface area contributed by atoms with E-state index in [-0.39, 0.29) is 37.9 Å². The third kappa shape index (κ3) is 14.8. The highest BCUT2D eigenvalue weighted by Gasteiger charge is 2.50. The van der Waals surface area contributed by atoms with Gasteiger partial charge in [0.15, 0.2) is 5.71 Å². The van der Waals surface area contributed by atoms with E-state index in [9.17, 15) is 0 Å². The maximum absolute atomic E-state index is 6.14. The minimum absolute atomic E-state index is 0.0537. The zero-order valence-corrected chi connectivity index (χ0v) is 57.6. The van der Waals surface area contributed by atoms with Gasteiger partial charge in [0, 0.05) is 33.1 Å². The summed E-state index contributed by atoms with van der Waals surface area (Å²) >= 11 is 0. The van der Waals surface area contributed by atoms with Crippen LogP contribution < -0.4 is 5.32 Å². The van der Waals surface area contributed by atoms with Crippen LogP contribution in [0.5, 0.6) is 0 Å². The van der Waals surface area contributed by atoms with E-state index in [1.807, 2.05) is 0 Å². The second-order valence-corrected chi connectivity index (χ2v) is 31.9. The fraction of sp³-hybridized carbons (Fsp3) is 0.566. The minimum Gasteiger partial charge on any atom is -0.354 e. The lowest BCUT2D eigenvalue weighted by Crippen LogP contribution is -2.35. The van der Waals surface area contributed by atoms with Crippen LogP contribution in [0, 0.1) is 11.3 Å². The molecule has 3 aliphatic rings. The van der Waals surface area contributed by atoms with Crippen molar-refractivity contribution in [3.63, 3.8) is 0 Å². The number of unbranched alkanes of at least 4 members (excludes halogenated alkanes) is 15. The molecule has 2 nitrogen and oxygen atoms in total. The van der Waals surface area contributed by atoms with Crippen molar-refractivity contribution in [2.75, 3.05) is 5.32 Å². The molecule has 0 atom stereocenters. The van der Waals surface area contributed by atoms with Crippen molar-refractivity contribution in [2.24, 2.45) is 10.4 Å². The fourth-order valence-corrected chi connectivity index (χ4v) is 14.3. The maximum Gasteiger partial charge on any atom is 0.185 e. The summed E-state index contributed by atoms with van der Waals surface area (Å²) in [5, 5.41) is 4.36. The highest BCUT2D eigenvalue weighted by molar-refractivity contribution is 6.35. The minimum atomic E-state index is -0.371. The van der Waals surface area contributed by atoms with E-state index in [1.165, 1.54) is 230 Å². The van der Waals surface area contributed by atoms with Crippen LogP contribution in [-0.2, 0) is 32.5 Å². The topological polar surface area (TPSA) is 24.4 Å². The molecule has 0 unspecified atom stereocenters. The Kier molecular flexibility index (Phi) is 20.7. The predicted molar refractivity (Wildman–Crippen MR) is 376 cm³/mol. The molecule has 0 amide bonds. The molecule has 2 heteroatoms. The average molecular weight is 1140 g/mol. The molecule has 0 bridgehead atoms. The molecule has 458 valence electrons. The second kappa shape index (κ2) is 26.7. The van der Waals surface area contributed by atoms with Crippen molar-refractivity contribution in [3.8, 4) is 22.3 Å². The van der Waals surface area contributed by atoms with Gasteiger partial charge in [0.1, 0.15) is 5.57 Å². The number of fused-ring (bicyclic) bond motifs is 4. The molecule has 5 aromatic carbocycles. The number of hydrogen-bond acceptors (Lipinski definition) is 2. The van der Waals surface area contributed by atoms with Crippen LogP contribution in [0.3, 0.4) is 0 Å². The van der Waals surface area contributed by atoms with Crippen LogP contribution in [-0.4, -0.2) is 5.71 Å². The van der Waals surface area contributed by atoms with Crippen LogP contribution in [0.25, 0.3) is 27.8 Å². The quantitative estimate of drug-likeness (QED) is 0.0411. The summed E-state index contributed by atoms with van der Waals surface area (Å²) in [5.74, 6) is 1.35. The molecular weight excluding hydrogens is 1020 g/mol. The number of nitrogens with one attached hydrogen (secondary N) is 1. The highest BCUT2D eigenvalue weighted by Crippen LogP contribution is 2.60. The van der Waals surface area contributed by atoms with E-state index in [1.54, 1.807) is 0 Å². The molecule has 85 heavy (non-hydrogen) atoms. The monoisotopic (exact) mass is 1140 g/mol. The Balaban J connectivity index is 1.29. The van der Waals surface area contributed by atoms with E-state index in [2.05, 4.69) is 240 Å². The SMILES string of the molecule is CCCCCCCCC(C)(C)c1ccc(C2=C[C+](C(C)(C)C)C=C3C2=Nc2c(cc4c(c2-c2ccc(C(C)(C)CCCCCCCC)cc2)Nc2c(-c5ccc(C(C)(C)CCCCCCCC)cc5)cc(C(C)(C)C)cc2C4(C)C)C3(C)C)cc1. The van der Waals surface area contributed by atoms with Crippen molar-refractivity contribution in [2.45, 2.75) is 299 Å². The predicted octanol–water partition coefficient (Wildman–Crippen LogP) is 25.8. The Hall–Kier alpha value is -5.08. The summed E-state index contributed by atoms with van der Waals surface area (Å²) in [6.45, 7) is 45.9. The number of nitrogens with zero attached hydrogens (tertiary/aromatic N) is 1. The standard InChI is InChI=1S/C83H117N2/c1-20-23-26-29-32-35-50-79(10,11)61-44-38-58(39-45-61)66-53-64(77(4,5)6)55-68-73(66)84-75-70(82(68,16)17)57-71-76(72(75)60-42-48-63(49-43-60)81(14,15)52-37-34-31-28-25-22-3)85-74-67(54-65(78(7,8)9)56-69(74)83(71,18)19)59-40-46-62(47-41-59)80(12,13)51-36-33-30-27-24-21-2/h38-49,53-57,84H,20-37,50-52H2,1-19H3/q+1. The number of allylic oxidation sites excluding steroid dienone is 4. The van der Waals surface area contributed by atoms with Gasteiger partial charge < -0.3 is 5.32 Å². The Morgan fingerprint density at radius 2 is 0.824 bits per heavy atom. The van der Waals surface area contributed by atoms with Crippen molar-refractivity contribution >= 4 is 28.3 Å². The number of hydrogen-bond donors (Lipinski definition) is 1. The third-order valence-corrected chi connectivity index (χ3v) is 20.8. The summed E-state index contributed by atoms with van der Waals surface area (Å²) < 4.78 is 0. The van der Waals surface area contributed by atoms with E-state index >= 15 is 0 Å². The van der Waals surface area contributed by atoms with Gasteiger partial charge >= 0.3 is 0 Å². The molecule has 1 N–H and O–H groups in total. The molecule has 1 aliphatic carbocycles. The molecule has 0 spiro atoms. The summed E-state index contributed by atoms with van der Waals surface area (Å²) in [6.07, 6.45) is 32.4. The number of aliphatic imine (C=N–C) groups is 1. The Bertz CT molecular complexity index is 3140. The molecular formula is C83H117N2+. The molecule has 0 fully saturated rings. The van der Waals surface area contributed by atoms with Crippen molar-refractivity contribution < 1.29 is 0 Å². The molecule has 2 aliphatic heterocycles. The Morgan fingerprint density at radius 3 is 1.26 bits per heavy atom. The largest absolute Gasteiger partial charge is 0.354 e. The first-order valence-electron chi connectivity index (χ1n) is 34.5. The van der Waals surface area contributed by atoms with Crippen LogP contribution in [0.15, 0.2) is 114 Å². The summed E-state index contributed by atoms with van der Waals surface area (Å²) in [5.41, 5.74) is 22.4. The maximum atomic E-state index is 6.14. The van der Waals surface area contributed by atoms with Gasteiger partial charge in [-0.1, -0.05) is 279 Å². The first-order valence-corrected chi connectivity index (χ1v) is 34.5. The van der Waals surface area contributed by atoms with Crippen molar-refractivity contribution in [1.29, 1.82) is 0 Å². The zero-order chi connectivity index (χ0) is 61.8. The van der Waals surface area contributed by atoms with E-state index in [0.29, 0.717) is 0 Å². The number of anilines is 2. The second-order valence-electron chi connectivity index (χ2n) is 31.9. The van der Waals surface area contributed by atoms with E-state index < -0.39 is 0 Å². The van der Waals surface area contributed by atoms with Gasteiger partial charge in [-0.15, -0.1) is 0 Å². The molecule has 0 aromatic heterocycles. The molecule has 0 saturated carbocycles. The average Bonchev–Trinajstić information content (AvgIpc) is 0.719. The smallest absolute Gasteiger partial charge is 0.185 e. The van der Waals surface area contributed by atoms with Gasteiger partial charge in [0.25, 0.3) is 0 Å². The highest BCUT2D eigenvalue weighted by atomic mass is 14.9. The van der Waals surface area contributed by atoms with E-state index in [0.717, 1.165) is 11.4 Å². The van der Waals surface area contributed by atoms with Gasteiger partial charge in [-0.05, 0) is 144 Å². The van der Waals surface area contributed by atoms with Crippen LogP contribution >= 0.6 is 0 Å². The molecule has 5 aromatic rings. The Labute approximate surface area is 521 Å². The third-order valence-electron chi connectivity index (χ3n) is 20.8. The van der Waals surface area contributed by atoms with Crippen LogP contribution in [0.2, 0.25) is 0 Å². The zero-order valence-electron chi connectivity index (χ0n) is 57.6. The van der Waals surface area contributed by atoms with E-state index in [4.69, 9.17) is 4.99 Å². The number of benzene rings is 5. The van der Waals surface area contributed by atoms with Gasteiger partial charge in [-0.25, -0.2) is 4.99 Å². The van der Waals surface area contributed by atoms with Crippen LogP contribution in [0.4, 0.5) is 17.1 Å². The molecule has 0 saturated heterocycles. The number of rotatable bonds is 27. The summed E-state index contributed by atoms with van der Waals surface area (Å²) in [6, 6.07) is 36.8. The lowest BCUT2D eigenvalue weighted by atomic mass is 9.63. The van der Waals surface area contributed by atoms with Gasteiger partial charge in [0.2, 0.25) is 0 Å². The van der Waals surface area contributed by atoms with Gasteiger partial charge in [0.05, 0.1) is 46.1 Å². The first kappa shape index (κ1) is 65.9. The molecule has 8 rings (SSSR count). The lowest BCUT2D eigenvalue weighted by Gasteiger charge is -2.42. The summed E-state index contributed by atoms with van der Waals surface area (Å²) in [7, 11) is 0. The lowest BCUT2D eigenvalue weighted by molar-refractivity contribution is 0.442. The first-order chi connectivity index (χ1) is 40.1. The summed E-state index contributed by atoms with van der Waals surface area (Å²) in [4.78, 5) is 6.14. The van der Waals surface area contributed by atoms with Crippen LogP contribution in [0.1, 0.15) is 311 Å².